The fraction of sp³-hybridized carbons (Fsp3) is 0.600. The van der Waals surface area contributed by atoms with E-state index in [1.807, 2.05) is 54.5 Å². The third-order valence-electron chi connectivity index (χ3n) is 3.61. The highest BCUT2D eigenvalue weighted by atomic mass is 16.7. The molecule has 1 saturated heterocycles. The molecule has 0 bridgehead atoms. The van der Waals surface area contributed by atoms with Crippen molar-refractivity contribution >= 4 is 12.6 Å². The monoisotopic (exact) mass is 264 g/mol. The van der Waals surface area contributed by atoms with E-state index in [1.165, 1.54) is 0 Å². The molecular formula is C15H25BO3. The normalized spacial score (nSPS) is 19.8. The lowest BCUT2D eigenvalue weighted by molar-refractivity contribution is 0.00578. The topological polar surface area (TPSA) is 38.7 Å². The average molecular weight is 264 g/mol. The van der Waals surface area contributed by atoms with E-state index in [2.05, 4.69) is 0 Å². The van der Waals surface area contributed by atoms with Crippen molar-refractivity contribution in [2.75, 3.05) is 0 Å². The second-order valence-electron chi connectivity index (χ2n) is 5.69. The number of hydrogen-bond acceptors (Lipinski definition) is 3. The first-order valence-corrected chi connectivity index (χ1v) is 6.87. The zero-order valence-electron chi connectivity index (χ0n) is 13.1. The zero-order valence-corrected chi connectivity index (χ0v) is 13.1. The van der Waals surface area contributed by atoms with E-state index in [4.69, 9.17) is 9.31 Å². The molecule has 0 amide bonds. The molecule has 106 valence electrons. The standard InChI is InChI=1S/C13H19BO3.C2H6/c1-9-6-10(8-11(15)7-9)14-16-12(2,3)13(4,5)17-14;1-2/h6-8,15H,1-5H3;1-2H3. The second-order valence-corrected chi connectivity index (χ2v) is 5.69. The average Bonchev–Trinajstić information content (AvgIpc) is 2.50. The Balaban J connectivity index is 0.000000861. The van der Waals surface area contributed by atoms with Gasteiger partial charge >= 0.3 is 7.12 Å². The van der Waals surface area contributed by atoms with Gasteiger partial charge in [0.15, 0.2) is 0 Å². The molecule has 4 heteroatoms. The highest BCUT2D eigenvalue weighted by Crippen LogP contribution is 2.36. The molecular weight excluding hydrogens is 239 g/mol. The summed E-state index contributed by atoms with van der Waals surface area (Å²) in [4.78, 5) is 0. The second kappa shape index (κ2) is 5.55. The SMILES string of the molecule is CC.Cc1cc(O)cc(B2OC(C)(C)C(C)(C)O2)c1. The van der Waals surface area contributed by atoms with Gasteiger partial charge in [0.05, 0.1) is 11.2 Å². The Labute approximate surface area is 117 Å². The Morgan fingerprint density at radius 1 is 0.947 bits per heavy atom. The summed E-state index contributed by atoms with van der Waals surface area (Å²) in [5, 5.41) is 9.60. The minimum Gasteiger partial charge on any atom is -0.508 e. The summed E-state index contributed by atoms with van der Waals surface area (Å²) in [6.07, 6.45) is 0. The molecule has 0 saturated carbocycles. The van der Waals surface area contributed by atoms with Gasteiger partial charge in [0.2, 0.25) is 0 Å². The van der Waals surface area contributed by atoms with Crippen LogP contribution >= 0.6 is 0 Å². The van der Waals surface area contributed by atoms with E-state index in [-0.39, 0.29) is 17.0 Å². The van der Waals surface area contributed by atoms with E-state index in [0.29, 0.717) is 0 Å². The van der Waals surface area contributed by atoms with Gasteiger partial charge in [-0.2, -0.15) is 0 Å². The van der Waals surface area contributed by atoms with Gasteiger partial charge < -0.3 is 14.4 Å². The Morgan fingerprint density at radius 3 is 1.84 bits per heavy atom. The summed E-state index contributed by atoms with van der Waals surface area (Å²) in [5.74, 6) is 0.245. The van der Waals surface area contributed by atoms with Gasteiger partial charge in [0.25, 0.3) is 0 Å². The molecule has 19 heavy (non-hydrogen) atoms. The van der Waals surface area contributed by atoms with Crippen molar-refractivity contribution in [3.05, 3.63) is 23.8 Å². The summed E-state index contributed by atoms with van der Waals surface area (Å²) < 4.78 is 11.9. The molecule has 1 N–H and O–H groups in total. The Kier molecular flexibility index (Phi) is 4.69. The van der Waals surface area contributed by atoms with Gasteiger partial charge in [-0.3, -0.25) is 0 Å². The lowest BCUT2D eigenvalue weighted by Gasteiger charge is -2.32. The lowest BCUT2D eigenvalue weighted by Crippen LogP contribution is -2.41. The van der Waals surface area contributed by atoms with Crippen LogP contribution in [0.5, 0.6) is 5.75 Å². The molecule has 0 unspecified atom stereocenters. The summed E-state index contributed by atoms with van der Waals surface area (Å²) in [6.45, 7) is 14.0. The van der Waals surface area contributed by atoms with E-state index in [1.54, 1.807) is 12.1 Å². The van der Waals surface area contributed by atoms with E-state index in [0.717, 1.165) is 11.0 Å². The molecule has 1 heterocycles. The van der Waals surface area contributed by atoms with Crippen LogP contribution in [0.2, 0.25) is 0 Å². The lowest BCUT2D eigenvalue weighted by atomic mass is 9.78. The number of aromatic hydroxyl groups is 1. The fourth-order valence-electron chi connectivity index (χ4n) is 1.91. The van der Waals surface area contributed by atoms with E-state index < -0.39 is 7.12 Å². The van der Waals surface area contributed by atoms with Gasteiger partial charge in [0, 0.05) is 0 Å². The molecule has 0 atom stereocenters. The Hall–Kier alpha value is -0.995. The number of benzene rings is 1. The van der Waals surface area contributed by atoms with Crippen LogP contribution in [-0.2, 0) is 9.31 Å². The van der Waals surface area contributed by atoms with Gasteiger partial charge in [-0.05, 0) is 57.8 Å². The van der Waals surface area contributed by atoms with Crippen molar-refractivity contribution < 1.29 is 14.4 Å². The molecule has 1 aliphatic rings. The van der Waals surface area contributed by atoms with Gasteiger partial charge in [0.1, 0.15) is 5.75 Å². The minimum absolute atomic E-state index is 0.245. The van der Waals surface area contributed by atoms with Gasteiger partial charge in [-0.25, -0.2) is 0 Å². The third kappa shape index (κ3) is 3.31. The largest absolute Gasteiger partial charge is 0.508 e. The number of phenolic OH excluding ortho intramolecular Hbond substituents is 1. The molecule has 2 rings (SSSR count). The van der Waals surface area contributed by atoms with Crippen molar-refractivity contribution in [3.63, 3.8) is 0 Å². The van der Waals surface area contributed by atoms with Crippen LogP contribution in [0.3, 0.4) is 0 Å². The zero-order chi connectivity index (χ0) is 14.8. The molecule has 0 aliphatic carbocycles. The van der Waals surface area contributed by atoms with Crippen LogP contribution < -0.4 is 5.46 Å². The maximum Gasteiger partial charge on any atom is 0.494 e. The molecule has 0 aromatic heterocycles. The predicted octanol–water partition coefficient (Wildman–Crippen LogP) is 3.03. The van der Waals surface area contributed by atoms with Crippen LogP contribution in [0, 0.1) is 6.92 Å². The van der Waals surface area contributed by atoms with Crippen LogP contribution in [-0.4, -0.2) is 23.4 Å². The third-order valence-corrected chi connectivity index (χ3v) is 3.61. The molecule has 1 aromatic carbocycles. The summed E-state index contributed by atoms with van der Waals surface area (Å²) in [6, 6.07) is 5.38. The van der Waals surface area contributed by atoms with Gasteiger partial charge in [-0.1, -0.05) is 19.9 Å². The highest BCUT2D eigenvalue weighted by molar-refractivity contribution is 6.62. The van der Waals surface area contributed by atoms with Crippen molar-refractivity contribution in [3.8, 4) is 5.75 Å². The number of aryl methyl sites for hydroxylation is 1. The molecule has 0 spiro atoms. The Bertz CT molecular complexity index is 405. The van der Waals surface area contributed by atoms with Crippen LogP contribution in [0.25, 0.3) is 0 Å². The number of phenols is 1. The molecule has 3 nitrogen and oxygen atoms in total. The van der Waals surface area contributed by atoms with E-state index >= 15 is 0 Å². The minimum atomic E-state index is -0.411. The fourth-order valence-corrected chi connectivity index (χ4v) is 1.91. The van der Waals surface area contributed by atoms with Crippen molar-refractivity contribution in [2.24, 2.45) is 0 Å². The quantitative estimate of drug-likeness (QED) is 0.792. The highest BCUT2D eigenvalue weighted by Gasteiger charge is 2.51. The van der Waals surface area contributed by atoms with Gasteiger partial charge in [-0.15, -0.1) is 0 Å². The number of hydrogen-bond donors (Lipinski definition) is 1. The summed E-state index contributed by atoms with van der Waals surface area (Å²) in [7, 11) is -0.411. The maximum absolute atomic E-state index is 9.60. The van der Waals surface area contributed by atoms with Crippen LogP contribution in [0.1, 0.15) is 47.1 Å². The van der Waals surface area contributed by atoms with Crippen LogP contribution in [0.4, 0.5) is 0 Å². The number of rotatable bonds is 1. The molecule has 1 aliphatic heterocycles. The smallest absolute Gasteiger partial charge is 0.494 e. The molecule has 1 fully saturated rings. The first-order valence-electron chi connectivity index (χ1n) is 6.87. The molecule has 1 aromatic rings. The Morgan fingerprint density at radius 2 is 1.42 bits per heavy atom. The molecule has 0 radical (unpaired) electrons. The first kappa shape index (κ1) is 16.1. The van der Waals surface area contributed by atoms with E-state index in [9.17, 15) is 5.11 Å². The van der Waals surface area contributed by atoms with Crippen molar-refractivity contribution in [2.45, 2.75) is 59.7 Å². The van der Waals surface area contributed by atoms with Crippen molar-refractivity contribution in [1.29, 1.82) is 0 Å². The summed E-state index contributed by atoms with van der Waals surface area (Å²) >= 11 is 0. The maximum atomic E-state index is 9.60. The van der Waals surface area contributed by atoms with Crippen LogP contribution in [0.15, 0.2) is 18.2 Å². The first-order chi connectivity index (χ1) is 8.71. The van der Waals surface area contributed by atoms with Crippen molar-refractivity contribution in [1.82, 2.24) is 0 Å². The predicted molar refractivity (Wildman–Crippen MR) is 79.9 cm³/mol. The summed E-state index contributed by atoms with van der Waals surface area (Å²) in [5.41, 5.74) is 1.16.